The third kappa shape index (κ3) is 9.90. The highest BCUT2D eigenvalue weighted by Crippen LogP contribution is 2.29. The van der Waals surface area contributed by atoms with E-state index in [0.29, 0.717) is 12.0 Å². The van der Waals surface area contributed by atoms with Gasteiger partial charge in [0.1, 0.15) is 11.6 Å². The number of halogens is 3. The second-order valence-electron chi connectivity index (χ2n) is 10.4. The van der Waals surface area contributed by atoms with Gasteiger partial charge in [0, 0.05) is 43.1 Å². The van der Waals surface area contributed by atoms with Crippen LogP contribution in [0.1, 0.15) is 39.5 Å². The van der Waals surface area contributed by atoms with E-state index < -0.39 is 11.7 Å². The van der Waals surface area contributed by atoms with E-state index in [4.69, 9.17) is 4.74 Å². The minimum Gasteiger partial charge on any atom is -0.379 e. The van der Waals surface area contributed by atoms with Crippen molar-refractivity contribution < 1.29 is 22.7 Å². The highest BCUT2D eigenvalue weighted by Gasteiger charge is 2.29. The Morgan fingerprint density at radius 1 is 0.977 bits per heavy atom. The number of hydrogen-bond acceptors (Lipinski definition) is 7. The molecule has 0 radical (unpaired) electrons. The molecule has 0 bridgehead atoms. The number of H-pyrrole nitrogens is 1. The van der Waals surface area contributed by atoms with E-state index in [1.54, 1.807) is 13.0 Å². The molecule has 9 nitrogen and oxygen atoms in total. The molecule has 0 spiro atoms. The van der Waals surface area contributed by atoms with Gasteiger partial charge in [-0.2, -0.15) is 18.3 Å². The molecule has 1 saturated heterocycles. The van der Waals surface area contributed by atoms with Gasteiger partial charge < -0.3 is 15.4 Å². The molecule has 1 amide bonds. The van der Waals surface area contributed by atoms with Crippen LogP contribution >= 0.6 is 0 Å². The number of carbonyl (C=O) groups is 1. The van der Waals surface area contributed by atoms with Crippen molar-refractivity contribution in [1.82, 2.24) is 25.1 Å². The van der Waals surface area contributed by atoms with E-state index in [1.807, 2.05) is 37.3 Å². The number of benzene rings is 2. The Kier molecular flexibility index (Phi) is 10.8. The van der Waals surface area contributed by atoms with Crippen LogP contribution in [0.2, 0.25) is 0 Å². The number of alkyl halides is 3. The smallest absolute Gasteiger partial charge is 0.379 e. The molecular weight excluding hydrogens is 559 g/mol. The summed E-state index contributed by atoms with van der Waals surface area (Å²) in [7, 11) is 0. The molecule has 5 rings (SSSR count). The van der Waals surface area contributed by atoms with Crippen molar-refractivity contribution >= 4 is 23.7 Å². The molecule has 2 aromatic heterocycles. The molecule has 1 aliphatic rings. The highest BCUT2D eigenvalue weighted by molar-refractivity contribution is 5.71. The minimum absolute atomic E-state index is 0.586. The second kappa shape index (κ2) is 14.7. The summed E-state index contributed by atoms with van der Waals surface area (Å²) >= 11 is 0. The molecule has 228 valence electrons. The summed E-state index contributed by atoms with van der Waals surface area (Å²) in [6.07, 6.45) is -1.86. The molecule has 2 aromatic carbocycles. The van der Waals surface area contributed by atoms with E-state index in [9.17, 15) is 18.0 Å². The van der Waals surface area contributed by atoms with Gasteiger partial charge in [-0.1, -0.05) is 29.8 Å². The Bertz CT molecular complexity index is 1500. The molecule has 0 atom stereocenters. The quantitative estimate of drug-likeness (QED) is 0.211. The lowest BCUT2D eigenvalue weighted by Crippen LogP contribution is -2.35. The van der Waals surface area contributed by atoms with E-state index >= 15 is 0 Å². The minimum atomic E-state index is -4.22. The lowest BCUT2D eigenvalue weighted by atomic mass is 10.0. The third-order valence-corrected chi connectivity index (χ3v) is 6.85. The summed E-state index contributed by atoms with van der Waals surface area (Å²) in [5, 5.41) is 13.5. The molecule has 43 heavy (non-hydrogen) atoms. The number of nitrogens with one attached hydrogen (secondary N) is 3. The largest absolute Gasteiger partial charge is 0.416 e. The number of amides is 1. The molecule has 4 aromatic rings. The van der Waals surface area contributed by atoms with Crippen LogP contribution in [0.25, 0.3) is 0 Å². The molecule has 0 unspecified atom stereocenters. The fourth-order valence-corrected chi connectivity index (χ4v) is 4.64. The van der Waals surface area contributed by atoms with Crippen LogP contribution in [0, 0.1) is 20.8 Å². The predicted molar refractivity (Wildman–Crippen MR) is 159 cm³/mol. The van der Waals surface area contributed by atoms with E-state index in [2.05, 4.69) is 42.6 Å². The average Bonchev–Trinajstić information content (AvgIpc) is 3.40. The molecule has 1 fully saturated rings. The number of aryl methyl sites for hydroxylation is 5. The number of anilines is 3. The predicted octanol–water partition coefficient (Wildman–Crippen LogP) is 5.76. The molecule has 12 heteroatoms. The van der Waals surface area contributed by atoms with Crippen LogP contribution in [0.5, 0.6) is 0 Å². The van der Waals surface area contributed by atoms with Gasteiger partial charge in [0.2, 0.25) is 6.41 Å². The van der Waals surface area contributed by atoms with E-state index in [1.165, 1.54) is 17.2 Å². The van der Waals surface area contributed by atoms with Crippen molar-refractivity contribution in [3.8, 4) is 0 Å². The molecule has 0 saturated carbocycles. The lowest BCUT2D eigenvalue weighted by molar-refractivity contribution is -0.137. The van der Waals surface area contributed by atoms with Gasteiger partial charge in [-0.15, -0.1) is 0 Å². The van der Waals surface area contributed by atoms with Crippen molar-refractivity contribution in [3.63, 3.8) is 0 Å². The summed E-state index contributed by atoms with van der Waals surface area (Å²) in [6.45, 7) is 9.77. The normalized spacial score (nSPS) is 13.6. The number of nitrogens with zero attached hydrogens (tertiary/aromatic N) is 4. The standard InChI is InChI=1S/C23H29N7O2.C8H7F3/c1-16-3-5-19(24-15-31)11-18(16)4-6-20-12-23(29-28-20)27-22-13-21(25-17(2)26-22)14-30-7-9-32-10-8-30;1-6-3-2-4-7(5-6)8(9,10)11/h3,5,11-13,15H,4,6-10,14H2,1-2H3,(H,24,31)(H2,25,26,27,28,29);2-5H,1H3. The first-order valence-electron chi connectivity index (χ1n) is 14.0. The topological polar surface area (TPSA) is 108 Å². The Balaban J connectivity index is 0.000000324. The Labute approximate surface area is 248 Å². The van der Waals surface area contributed by atoms with Gasteiger partial charge >= 0.3 is 6.18 Å². The maximum atomic E-state index is 12.0. The number of carbonyl (C=O) groups excluding carboxylic acids is 1. The fraction of sp³-hybridized carbons (Fsp3) is 0.355. The fourth-order valence-electron chi connectivity index (χ4n) is 4.64. The highest BCUT2D eigenvalue weighted by atomic mass is 19.4. The molecular formula is C31H36F3N7O2. The Morgan fingerprint density at radius 2 is 1.77 bits per heavy atom. The molecule has 3 heterocycles. The molecule has 3 N–H and O–H groups in total. The first-order chi connectivity index (χ1) is 20.6. The first-order valence-corrected chi connectivity index (χ1v) is 14.0. The van der Waals surface area contributed by atoms with Gasteiger partial charge in [-0.05, 0) is 62.9 Å². The van der Waals surface area contributed by atoms with Crippen LogP contribution in [-0.2, 0) is 35.1 Å². The summed E-state index contributed by atoms with van der Waals surface area (Å²) < 4.78 is 41.3. The van der Waals surface area contributed by atoms with Crippen molar-refractivity contribution in [2.45, 2.75) is 46.3 Å². The van der Waals surface area contributed by atoms with Gasteiger partial charge in [0.15, 0.2) is 5.82 Å². The number of hydrogen-bond donors (Lipinski definition) is 3. The second-order valence-corrected chi connectivity index (χ2v) is 10.4. The van der Waals surface area contributed by atoms with Crippen LogP contribution in [0.15, 0.2) is 54.6 Å². The SMILES string of the molecule is Cc1cccc(C(F)(F)F)c1.Cc1nc(CN2CCOCC2)cc(Nc2cc(CCc3cc(NC=O)ccc3C)[nH]n2)n1. The number of morpholine rings is 1. The zero-order valence-corrected chi connectivity index (χ0v) is 24.5. The number of rotatable bonds is 9. The first kappa shape index (κ1) is 31.6. The van der Waals surface area contributed by atoms with Crippen molar-refractivity contribution in [2.24, 2.45) is 0 Å². The van der Waals surface area contributed by atoms with Gasteiger partial charge in [-0.25, -0.2) is 9.97 Å². The maximum Gasteiger partial charge on any atom is 0.416 e. The monoisotopic (exact) mass is 595 g/mol. The summed E-state index contributed by atoms with van der Waals surface area (Å²) in [4.78, 5) is 22.1. The molecule has 1 aliphatic heterocycles. The Hall–Kier alpha value is -4.29. The third-order valence-electron chi connectivity index (χ3n) is 6.85. The maximum absolute atomic E-state index is 12.0. The van der Waals surface area contributed by atoms with Crippen LogP contribution in [-0.4, -0.2) is 57.8 Å². The zero-order valence-electron chi connectivity index (χ0n) is 24.5. The van der Waals surface area contributed by atoms with Crippen LogP contribution in [0.3, 0.4) is 0 Å². The summed E-state index contributed by atoms with van der Waals surface area (Å²) in [5.41, 5.74) is 5.25. The van der Waals surface area contributed by atoms with Gasteiger partial charge in [0.25, 0.3) is 0 Å². The van der Waals surface area contributed by atoms with Crippen molar-refractivity contribution in [1.29, 1.82) is 0 Å². The van der Waals surface area contributed by atoms with Crippen LogP contribution < -0.4 is 10.6 Å². The average molecular weight is 596 g/mol. The number of aromatic amines is 1. The zero-order chi connectivity index (χ0) is 30.8. The van der Waals surface area contributed by atoms with Crippen LogP contribution in [0.4, 0.5) is 30.5 Å². The van der Waals surface area contributed by atoms with E-state index in [-0.39, 0.29) is 0 Å². The van der Waals surface area contributed by atoms with Gasteiger partial charge in [-0.3, -0.25) is 14.8 Å². The van der Waals surface area contributed by atoms with E-state index in [0.717, 1.165) is 92.4 Å². The number of ether oxygens (including phenoxy) is 1. The lowest BCUT2D eigenvalue weighted by Gasteiger charge is -2.26. The van der Waals surface area contributed by atoms with Crippen molar-refractivity contribution in [2.75, 3.05) is 36.9 Å². The van der Waals surface area contributed by atoms with Gasteiger partial charge in [0.05, 0.1) is 24.5 Å². The number of aromatic nitrogens is 4. The summed E-state index contributed by atoms with van der Waals surface area (Å²) in [6, 6.07) is 15.1. The summed E-state index contributed by atoms with van der Waals surface area (Å²) in [5.74, 6) is 2.19. The van der Waals surface area contributed by atoms with Crippen molar-refractivity contribution in [3.05, 3.63) is 94.1 Å². The Morgan fingerprint density at radius 3 is 2.47 bits per heavy atom. The molecule has 0 aliphatic carbocycles.